The molecule has 8 heteroatoms. The Morgan fingerprint density at radius 3 is 1.93 bits per heavy atom. The minimum atomic E-state index is -4.56. The van der Waals surface area contributed by atoms with Crippen LogP contribution in [-0.2, 0) is 18.6 Å². The van der Waals surface area contributed by atoms with Crippen LogP contribution in [0.1, 0.15) is 72.6 Å². The summed E-state index contributed by atoms with van der Waals surface area (Å²) in [6.07, 6.45) is 9.80. The number of quaternary nitrogens is 1. The number of unbranched alkanes of at least 4 members (excludes halogenated alkanes) is 3. The number of carbonyl (C=O) groups excluding carboxylic acids is 1. The third-order valence-corrected chi connectivity index (χ3v) is 5.56. The summed E-state index contributed by atoms with van der Waals surface area (Å²) in [7, 11) is -4.56. The zero-order chi connectivity index (χ0) is 21.5. The monoisotopic (exact) mass is 422 g/mol. The molecule has 0 saturated carbocycles. The molecule has 0 aromatic heterocycles. The number of ether oxygens (including phenoxy) is 1. The number of nitrogens with zero attached hydrogens (tertiary/aromatic N) is 1. The Labute approximate surface area is 170 Å². The molecular weight excluding hydrogens is 381 g/mol. The van der Waals surface area contributed by atoms with Crippen molar-refractivity contribution >= 4 is 13.8 Å². The second kappa shape index (κ2) is 15.2. The molecule has 7 nitrogen and oxygen atoms in total. The van der Waals surface area contributed by atoms with Crippen LogP contribution < -0.4 is 0 Å². The average molecular weight is 423 g/mol. The van der Waals surface area contributed by atoms with Crippen LogP contribution in [0.2, 0.25) is 0 Å². The van der Waals surface area contributed by atoms with E-state index in [2.05, 4.69) is 20.8 Å². The molecule has 0 fully saturated rings. The zero-order valence-electron chi connectivity index (χ0n) is 18.1. The van der Waals surface area contributed by atoms with Gasteiger partial charge in [0.15, 0.2) is 0 Å². The molecule has 0 rings (SSSR count). The summed E-state index contributed by atoms with van der Waals surface area (Å²) < 4.78 is 22.3. The van der Waals surface area contributed by atoms with E-state index in [-0.39, 0.29) is 19.3 Å². The lowest BCUT2D eigenvalue weighted by Crippen LogP contribution is -2.59. The first-order valence-corrected chi connectivity index (χ1v) is 12.1. The number of rotatable bonds is 17. The van der Waals surface area contributed by atoms with Crippen LogP contribution in [0.4, 0.5) is 0 Å². The Morgan fingerprint density at radius 1 is 1.04 bits per heavy atom. The van der Waals surface area contributed by atoms with E-state index >= 15 is 0 Å². The number of carbonyl (C=O) groups is 1. The van der Waals surface area contributed by atoms with Gasteiger partial charge in [-0.15, -0.1) is 0 Å². The number of phosphoric acid groups is 1. The second-order valence-electron chi connectivity index (χ2n) is 7.35. The van der Waals surface area contributed by atoms with Gasteiger partial charge in [-0.1, -0.05) is 46.1 Å². The van der Waals surface area contributed by atoms with Crippen molar-refractivity contribution in [3.63, 3.8) is 0 Å². The number of hydrogen-bond acceptors (Lipinski definition) is 4. The minimum absolute atomic E-state index is 0.0391. The molecule has 0 heterocycles. The lowest BCUT2D eigenvalue weighted by Gasteiger charge is -2.45. The fourth-order valence-corrected chi connectivity index (χ4v) is 3.85. The maximum Gasteiger partial charge on any atom is 0.469 e. The molecule has 0 saturated heterocycles. The summed E-state index contributed by atoms with van der Waals surface area (Å²) in [5.74, 6) is -0.397. The summed E-state index contributed by atoms with van der Waals surface area (Å²) >= 11 is 0. The number of phosphoric ester groups is 1. The third kappa shape index (κ3) is 12.0. The van der Waals surface area contributed by atoms with Gasteiger partial charge in [0, 0.05) is 12.5 Å². The van der Waals surface area contributed by atoms with Gasteiger partial charge < -0.3 is 19.0 Å². The summed E-state index contributed by atoms with van der Waals surface area (Å²) in [6, 6.07) is -0.129. The van der Waals surface area contributed by atoms with Gasteiger partial charge in [0.1, 0.15) is 12.6 Å². The number of hydrogen-bond donors (Lipinski definition) is 2. The molecule has 0 aliphatic heterocycles. The van der Waals surface area contributed by atoms with Crippen LogP contribution in [0, 0.1) is 0 Å². The fraction of sp³-hybridized carbons (Fsp3) is 0.850. The number of allylic oxidation sites excluding steroid dienone is 1. The van der Waals surface area contributed by atoms with Crippen molar-refractivity contribution in [1.82, 2.24) is 0 Å². The van der Waals surface area contributed by atoms with Crippen molar-refractivity contribution in [2.24, 2.45) is 0 Å². The third-order valence-electron chi connectivity index (χ3n) is 5.08. The number of esters is 1. The van der Waals surface area contributed by atoms with Gasteiger partial charge in [0.2, 0.25) is 0 Å². The largest absolute Gasteiger partial charge is 0.469 e. The Kier molecular flexibility index (Phi) is 14.8. The Hall–Kier alpha value is -0.720. The molecule has 0 aromatic rings. The van der Waals surface area contributed by atoms with E-state index in [1.165, 1.54) is 6.08 Å². The highest BCUT2D eigenvalue weighted by atomic mass is 31.2. The van der Waals surface area contributed by atoms with E-state index in [4.69, 9.17) is 9.26 Å². The molecule has 1 unspecified atom stereocenters. The maximum absolute atomic E-state index is 11.6. The predicted molar refractivity (Wildman–Crippen MR) is 112 cm³/mol. The summed E-state index contributed by atoms with van der Waals surface area (Å²) in [6.45, 7) is 11.2. The zero-order valence-corrected chi connectivity index (χ0v) is 19.0. The Morgan fingerprint density at radius 2 is 1.54 bits per heavy atom. The predicted octanol–water partition coefficient (Wildman–Crippen LogP) is 4.19. The van der Waals surface area contributed by atoms with E-state index in [0.29, 0.717) is 6.42 Å². The fourth-order valence-electron chi connectivity index (χ4n) is 3.48. The highest BCUT2D eigenvalue weighted by molar-refractivity contribution is 7.46. The Balaban J connectivity index is 5.51. The van der Waals surface area contributed by atoms with Crippen LogP contribution in [0.15, 0.2) is 12.2 Å². The molecule has 28 heavy (non-hydrogen) atoms. The second-order valence-corrected chi connectivity index (χ2v) is 8.59. The minimum Gasteiger partial charge on any atom is -0.462 e. The molecule has 166 valence electrons. The van der Waals surface area contributed by atoms with Gasteiger partial charge in [0.05, 0.1) is 26.2 Å². The summed E-state index contributed by atoms with van der Waals surface area (Å²) in [5, 5.41) is 0. The maximum atomic E-state index is 11.6. The average Bonchev–Trinajstić information content (AvgIpc) is 2.64. The van der Waals surface area contributed by atoms with Crippen molar-refractivity contribution in [3.8, 4) is 0 Å². The van der Waals surface area contributed by atoms with Crippen molar-refractivity contribution in [2.75, 3.05) is 32.8 Å². The van der Waals surface area contributed by atoms with Crippen LogP contribution in [-0.4, -0.2) is 59.1 Å². The normalized spacial score (nSPS) is 13.8. The van der Waals surface area contributed by atoms with Gasteiger partial charge >= 0.3 is 13.8 Å². The lowest BCUT2D eigenvalue weighted by atomic mass is 10.0. The molecule has 0 spiro atoms. The first-order valence-electron chi connectivity index (χ1n) is 10.6. The topological polar surface area (TPSA) is 93.1 Å². The Bertz CT molecular complexity index is 469. The SMILES string of the molecule is CC=CC(=O)OCCC(COP(=O)(O)O)[N+](CCCC)(CCCC)CCCC. The van der Waals surface area contributed by atoms with Crippen LogP contribution in [0.3, 0.4) is 0 Å². The molecule has 0 radical (unpaired) electrons. The molecule has 0 amide bonds. The highest BCUT2D eigenvalue weighted by Crippen LogP contribution is 2.37. The van der Waals surface area contributed by atoms with Gasteiger partial charge in [0.25, 0.3) is 0 Å². The standard InChI is InChI=1S/C20H40NO6P/c1-5-9-14-21(15-10-6-2,16-11-7-3)19(18-27-28(23,24)25)13-17-26-20(22)12-8-4/h8,12,19H,5-7,9-11,13-18H2,1-4H3,(H-,23,24,25)/p+1. The van der Waals surface area contributed by atoms with Crippen molar-refractivity contribution < 1.29 is 32.9 Å². The van der Waals surface area contributed by atoms with Gasteiger partial charge in [-0.3, -0.25) is 4.52 Å². The van der Waals surface area contributed by atoms with Crippen LogP contribution in [0.5, 0.6) is 0 Å². The quantitative estimate of drug-likeness (QED) is 0.158. The van der Waals surface area contributed by atoms with Crippen LogP contribution >= 0.6 is 7.82 Å². The molecular formula is C20H41NO6P+. The van der Waals surface area contributed by atoms with Crippen molar-refractivity contribution in [3.05, 3.63) is 12.2 Å². The molecule has 0 aliphatic rings. The van der Waals surface area contributed by atoms with E-state index in [1.54, 1.807) is 13.0 Å². The van der Waals surface area contributed by atoms with Gasteiger partial charge in [-0.05, 0) is 26.2 Å². The van der Waals surface area contributed by atoms with E-state index in [1.807, 2.05) is 0 Å². The van der Waals surface area contributed by atoms with E-state index < -0.39 is 13.8 Å². The van der Waals surface area contributed by atoms with Crippen LogP contribution in [0.25, 0.3) is 0 Å². The van der Waals surface area contributed by atoms with Crippen molar-refractivity contribution in [2.45, 2.75) is 78.7 Å². The van der Waals surface area contributed by atoms with Gasteiger partial charge in [-0.2, -0.15) is 0 Å². The molecule has 0 bridgehead atoms. The molecule has 1 atom stereocenters. The lowest BCUT2D eigenvalue weighted by molar-refractivity contribution is -0.952. The first-order chi connectivity index (χ1) is 13.2. The molecule has 0 aromatic carbocycles. The summed E-state index contributed by atoms with van der Waals surface area (Å²) in [4.78, 5) is 30.1. The summed E-state index contributed by atoms with van der Waals surface area (Å²) in [5.41, 5.74) is 0. The van der Waals surface area contributed by atoms with E-state index in [0.717, 1.165) is 62.6 Å². The smallest absolute Gasteiger partial charge is 0.462 e. The molecule has 0 aliphatic carbocycles. The van der Waals surface area contributed by atoms with Crippen molar-refractivity contribution in [1.29, 1.82) is 0 Å². The molecule has 2 N–H and O–H groups in total. The van der Waals surface area contributed by atoms with E-state index in [9.17, 15) is 19.1 Å². The first kappa shape index (κ1) is 27.3. The highest BCUT2D eigenvalue weighted by Gasteiger charge is 2.37. The van der Waals surface area contributed by atoms with Gasteiger partial charge in [-0.25, -0.2) is 9.36 Å².